The molecule has 0 aliphatic rings. The fraction of sp³-hybridized carbons (Fsp3) is 0.240. The lowest BCUT2D eigenvalue weighted by atomic mass is 10.1. The number of anilines is 1. The summed E-state index contributed by atoms with van der Waals surface area (Å²) in [5, 5.41) is 3.26. The number of rotatable bonds is 8. The van der Waals surface area contributed by atoms with Crippen LogP contribution in [0.3, 0.4) is 0 Å². The topological polar surface area (TPSA) is 66.5 Å². The fourth-order valence-corrected chi connectivity index (χ4v) is 4.93. The zero-order chi connectivity index (χ0) is 23.3. The lowest BCUT2D eigenvalue weighted by Gasteiger charge is -2.26. The maximum Gasteiger partial charge on any atom is 0.264 e. The van der Waals surface area contributed by atoms with E-state index >= 15 is 0 Å². The molecule has 32 heavy (non-hydrogen) atoms. The van der Waals surface area contributed by atoms with Crippen molar-refractivity contribution >= 4 is 33.2 Å². The summed E-state index contributed by atoms with van der Waals surface area (Å²) in [5.41, 5.74) is 4.07. The highest BCUT2D eigenvalue weighted by molar-refractivity contribution is 7.92. The van der Waals surface area contributed by atoms with E-state index in [2.05, 4.69) is 12.2 Å². The molecule has 5 nitrogen and oxygen atoms in total. The van der Waals surface area contributed by atoms with E-state index in [1.165, 1.54) is 5.56 Å². The maximum atomic E-state index is 13.5. The molecular formula is C25H27ClN2O3S. The highest BCUT2D eigenvalue weighted by atomic mass is 35.5. The van der Waals surface area contributed by atoms with Crippen LogP contribution in [-0.4, -0.2) is 20.9 Å². The molecule has 0 spiro atoms. The summed E-state index contributed by atoms with van der Waals surface area (Å²) in [6.07, 6.45) is 0.942. The summed E-state index contributed by atoms with van der Waals surface area (Å²) in [5.74, 6) is -0.403. The number of amides is 1. The molecule has 0 bridgehead atoms. The number of hydrogen-bond acceptors (Lipinski definition) is 3. The molecule has 3 aromatic rings. The smallest absolute Gasteiger partial charge is 0.264 e. The van der Waals surface area contributed by atoms with Crippen LogP contribution in [0.2, 0.25) is 5.02 Å². The predicted molar refractivity (Wildman–Crippen MR) is 130 cm³/mol. The molecule has 0 aromatic heterocycles. The summed E-state index contributed by atoms with van der Waals surface area (Å²) in [7, 11) is -3.98. The van der Waals surface area contributed by atoms with Gasteiger partial charge >= 0.3 is 0 Å². The lowest BCUT2D eigenvalue weighted by Crippen LogP contribution is -2.41. The Morgan fingerprint density at radius 2 is 1.56 bits per heavy atom. The van der Waals surface area contributed by atoms with Crippen LogP contribution in [0.1, 0.15) is 29.2 Å². The van der Waals surface area contributed by atoms with Gasteiger partial charge in [0.2, 0.25) is 5.91 Å². The van der Waals surface area contributed by atoms with Crippen molar-refractivity contribution in [3.63, 3.8) is 0 Å². The quantitative estimate of drug-likeness (QED) is 0.502. The van der Waals surface area contributed by atoms with E-state index in [0.29, 0.717) is 22.8 Å². The average Bonchev–Trinajstić information content (AvgIpc) is 2.78. The monoisotopic (exact) mass is 470 g/mol. The van der Waals surface area contributed by atoms with Crippen LogP contribution in [-0.2, 0) is 27.8 Å². The summed E-state index contributed by atoms with van der Waals surface area (Å²) >= 11 is 6.26. The van der Waals surface area contributed by atoms with Gasteiger partial charge in [0.15, 0.2) is 0 Å². The molecule has 1 amide bonds. The van der Waals surface area contributed by atoms with Gasteiger partial charge in [-0.15, -0.1) is 0 Å². The van der Waals surface area contributed by atoms with Crippen molar-refractivity contribution in [3.8, 4) is 0 Å². The van der Waals surface area contributed by atoms with Crippen LogP contribution in [0, 0.1) is 13.8 Å². The van der Waals surface area contributed by atoms with Gasteiger partial charge in [0, 0.05) is 11.6 Å². The summed E-state index contributed by atoms with van der Waals surface area (Å²) in [6, 6.07) is 19.5. The minimum atomic E-state index is -3.98. The SMILES string of the molecule is CCc1ccc(CNC(=O)CN(c2cccc(Cl)c2C)S(=O)(=O)c2ccc(C)cc2)cc1. The molecule has 0 atom stereocenters. The summed E-state index contributed by atoms with van der Waals surface area (Å²) in [6.45, 7) is 5.66. The minimum Gasteiger partial charge on any atom is -0.350 e. The van der Waals surface area contributed by atoms with Crippen molar-refractivity contribution in [1.29, 1.82) is 0 Å². The third-order valence-corrected chi connectivity index (χ3v) is 7.51. The molecule has 168 valence electrons. The Labute approximate surface area is 195 Å². The summed E-state index contributed by atoms with van der Waals surface area (Å²) < 4.78 is 28.1. The van der Waals surface area contributed by atoms with Crippen molar-refractivity contribution in [2.75, 3.05) is 10.8 Å². The maximum absolute atomic E-state index is 13.5. The van der Waals surface area contributed by atoms with Crippen molar-refractivity contribution in [3.05, 3.63) is 94.0 Å². The normalized spacial score (nSPS) is 11.2. The van der Waals surface area contributed by atoms with Gasteiger partial charge in [-0.1, -0.05) is 66.6 Å². The number of halogens is 1. The second-order valence-electron chi connectivity index (χ2n) is 7.66. The molecule has 7 heteroatoms. The first kappa shape index (κ1) is 23.8. The molecule has 0 aliphatic carbocycles. The van der Waals surface area contributed by atoms with Gasteiger partial charge in [-0.25, -0.2) is 8.42 Å². The highest BCUT2D eigenvalue weighted by Crippen LogP contribution is 2.30. The van der Waals surface area contributed by atoms with Crippen LogP contribution in [0.15, 0.2) is 71.6 Å². The van der Waals surface area contributed by atoms with Crippen molar-refractivity contribution < 1.29 is 13.2 Å². The average molecular weight is 471 g/mol. The van der Waals surface area contributed by atoms with Crippen molar-refractivity contribution in [2.24, 2.45) is 0 Å². The number of sulfonamides is 1. The number of aryl methyl sites for hydroxylation is 2. The number of carbonyl (C=O) groups excluding carboxylic acids is 1. The Bertz CT molecular complexity index is 1190. The molecule has 1 N–H and O–H groups in total. The Kier molecular flexibility index (Phi) is 7.59. The molecule has 0 unspecified atom stereocenters. The molecule has 0 radical (unpaired) electrons. The van der Waals surface area contributed by atoms with Crippen molar-refractivity contribution in [2.45, 2.75) is 38.6 Å². The van der Waals surface area contributed by atoms with Gasteiger partial charge in [0.1, 0.15) is 6.54 Å². The number of carbonyl (C=O) groups is 1. The zero-order valence-corrected chi connectivity index (χ0v) is 20.0. The minimum absolute atomic E-state index is 0.116. The van der Waals surface area contributed by atoms with Gasteiger partial charge in [-0.2, -0.15) is 0 Å². The molecule has 0 heterocycles. The van der Waals surface area contributed by atoms with E-state index < -0.39 is 15.9 Å². The van der Waals surface area contributed by atoms with Crippen LogP contribution >= 0.6 is 11.6 Å². The van der Waals surface area contributed by atoms with Gasteiger partial charge in [0.05, 0.1) is 10.6 Å². The van der Waals surface area contributed by atoms with Gasteiger partial charge in [-0.05, 0) is 61.2 Å². The third kappa shape index (κ3) is 5.50. The van der Waals surface area contributed by atoms with E-state index in [4.69, 9.17) is 11.6 Å². The Morgan fingerprint density at radius 1 is 0.938 bits per heavy atom. The van der Waals surface area contributed by atoms with Gasteiger partial charge in [-0.3, -0.25) is 9.10 Å². The second-order valence-corrected chi connectivity index (χ2v) is 9.92. The van der Waals surface area contributed by atoms with Gasteiger partial charge in [0.25, 0.3) is 10.0 Å². The number of hydrogen-bond donors (Lipinski definition) is 1. The zero-order valence-electron chi connectivity index (χ0n) is 18.4. The number of nitrogens with one attached hydrogen (secondary N) is 1. The Balaban J connectivity index is 1.87. The number of benzene rings is 3. The Hall–Kier alpha value is -2.83. The molecule has 3 rings (SSSR count). The first-order valence-corrected chi connectivity index (χ1v) is 12.2. The first-order valence-electron chi connectivity index (χ1n) is 10.4. The first-order chi connectivity index (χ1) is 15.2. The molecular weight excluding hydrogens is 444 g/mol. The van der Waals surface area contributed by atoms with E-state index in [1.807, 2.05) is 31.2 Å². The van der Waals surface area contributed by atoms with Gasteiger partial charge < -0.3 is 5.32 Å². The fourth-order valence-electron chi connectivity index (χ4n) is 3.28. The van der Waals surface area contributed by atoms with Crippen LogP contribution < -0.4 is 9.62 Å². The standard InChI is InChI=1S/C25H27ClN2O3S/c1-4-20-10-12-21(13-11-20)16-27-25(29)17-28(24-7-5-6-23(26)19(24)3)32(30,31)22-14-8-18(2)9-15-22/h5-15H,4,16-17H2,1-3H3,(H,27,29). The van der Waals surface area contributed by atoms with Crippen LogP contribution in [0.5, 0.6) is 0 Å². The van der Waals surface area contributed by atoms with Crippen LogP contribution in [0.25, 0.3) is 0 Å². The highest BCUT2D eigenvalue weighted by Gasteiger charge is 2.28. The van der Waals surface area contributed by atoms with Crippen molar-refractivity contribution in [1.82, 2.24) is 5.32 Å². The van der Waals surface area contributed by atoms with Crippen LogP contribution in [0.4, 0.5) is 5.69 Å². The second kappa shape index (κ2) is 10.2. The Morgan fingerprint density at radius 3 is 2.19 bits per heavy atom. The van der Waals surface area contributed by atoms with E-state index in [1.54, 1.807) is 49.4 Å². The van der Waals surface area contributed by atoms with E-state index in [9.17, 15) is 13.2 Å². The summed E-state index contributed by atoms with van der Waals surface area (Å²) in [4.78, 5) is 12.9. The lowest BCUT2D eigenvalue weighted by molar-refractivity contribution is -0.119. The molecule has 3 aromatic carbocycles. The molecule has 0 saturated carbocycles. The molecule has 0 fully saturated rings. The largest absolute Gasteiger partial charge is 0.350 e. The third-order valence-electron chi connectivity index (χ3n) is 5.32. The van der Waals surface area contributed by atoms with E-state index in [0.717, 1.165) is 21.9 Å². The predicted octanol–water partition coefficient (Wildman–Crippen LogP) is 5.03. The molecule has 0 saturated heterocycles. The molecule has 0 aliphatic heterocycles. The van der Waals surface area contributed by atoms with E-state index in [-0.39, 0.29) is 11.4 Å². The number of nitrogens with zero attached hydrogens (tertiary/aromatic N) is 1.